The molecular weight excluding hydrogens is 182 g/mol. The van der Waals surface area contributed by atoms with E-state index in [9.17, 15) is 0 Å². The number of hydrogen-bond acceptors (Lipinski definition) is 1. The van der Waals surface area contributed by atoms with E-state index < -0.39 is 0 Å². The van der Waals surface area contributed by atoms with Gasteiger partial charge in [0.25, 0.3) is 0 Å². The first-order valence-electron chi connectivity index (χ1n) is 5.72. The lowest BCUT2D eigenvalue weighted by molar-refractivity contribution is 0.579. The Morgan fingerprint density at radius 2 is 2.27 bits per heavy atom. The van der Waals surface area contributed by atoms with Crippen LogP contribution in [0.4, 0.5) is 0 Å². The minimum atomic E-state index is 0.811. The largest absolute Gasteiger partial charge is 0.316 e. The highest BCUT2D eigenvalue weighted by molar-refractivity contribution is 5.64. The number of benzene rings is 1. The minimum Gasteiger partial charge on any atom is -0.316 e. The van der Waals surface area contributed by atoms with Crippen LogP contribution in [0, 0.1) is 5.92 Å². The molecule has 1 heteroatoms. The maximum Gasteiger partial charge on any atom is -0.00169 e. The fourth-order valence-corrected chi connectivity index (χ4v) is 2.31. The van der Waals surface area contributed by atoms with Gasteiger partial charge in [0.05, 0.1) is 0 Å². The minimum absolute atomic E-state index is 0.811. The van der Waals surface area contributed by atoms with E-state index in [1.54, 1.807) is 0 Å². The summed E-state index contributed by atoms with van der Waals surface area (Å²) in [6.07, 6.45) is 2.50. The van der Waals surface area contributed by atoms with Crippen LogP contribution >= 0.6 is 0 Å². The Balaban J connectivity index is 2.15. The molecule has 0 aromatic heterocycles. The maximum absolute atomic E-state index is 4.04. The normalized spacial score (nSPS) is 20.5. The highest BCUT2D eigenvalue weighted by Crippen LogP contribution is 2.22. The van der Waals surface area contributed by atoms with E-state index in [2.05, 4.69) is 43.1 Å². The summed E-state index contributed by atoms with van der Waals surface area (Å²) in [5, 5.41) is 3.42. The summed E-state index contributed by atoms with van der Waals surface area (Å²) in [7, 11) is 0. The molecule has 1 fully saturated rings. The third kappa shape index (κ3) is 2.48. The van der Waals surface area contributed by atoms with E-state index in [1.165, 1.54) is 42.6 Å². The number of allylic oxidation sites excluding steroid dienone is 1. The zero-order valence-corrected chi connectivity index (χ0v) is 9.42. The molecule has 1 aromatic carbocycles. The van der Waals surface area contributed by atoms with Crippen molar-refractivity contribution in [1.82, 2.24) is 5.32 Å². The van der Waals surface area contributed by atoms with Gasteiger partial charge in [-0.25, -0.2) is 0 Å². The van der Waals surface area contributed by atoms with Gasteiger partial charge in [0.15, 0.2) is 0 Å². The summed E-state index contributed by atoms with van der Waals surface area (Å²) in [4.78, 5) is 0. The molecule has 1 aromatic rings. The molecule has 1 heterocycles. The Kier molecular flexibility index (Phi) is 3.22. The molecule has 1 saturated heterocycles. The zero-order valence-electron chi connectivity index (χ0n) is 9.42. The first kappa shape index (κ1) is 10.4. The molecule has 1 atom stereocenters. The SMILES string of the molecule is C=C(C)c1ccccc1CC1CCNC1. The van der Waals surface area contributed by atoms with Crippen LogP contribution in [0.2, 0.25) is 0 Å². The molecule has 1 unspecified atom stereocenters. The molecule has 1 nitrogen and oxygen atoms in total. The molecule has 15 heavy (non-hydrogen) atoms. The quantitative estimate of drug-likeness (QED) is 0.793. The van der Waals surface area contributed by atoms with Crippen LogP contribution in [0.1, 0.15) is 24.5 Å². The van der Waals surface area contributed by atoms with Gasteiger partial charge in [-0.05, 0) is 49.9 Å². The summed E-state index contributed by atoms with van der Waals surface area (Å²) in [5.74, 6) is 0.811. The standard InChI is InChI=1S/C14H19N/c1-11(2)14-6-4-3-5-13(14)9-12-7-8-15-10-12/h3-6,12,15H,1,7-10H2,2H3. The average Bonchev–Trinajstić information content (AvgIpc) is 2.71. The van der Waals surface area contributed by atoms with Gasteiger partial charge in [0.2, 0.25) is 0 Å². The summed E-state index contributed by atoms with van der Waals surface area (Å²) in [6, 6.07) is 8.65. The second-order valence-corrected chi connectivity index (χ2v) is 4.50. The van der Waals surface area contributed by atoms with Gasteiger partial charge in [-0.15, -0.1) is 0 Å². The Labute approximate surface area is 92.2 Å². The van der Waals surface area contributed by atoms with E-state index in [0.29, 0.717) is 0 Å². The number of hydrogen-bond donors (Lipinski definition) is 1. The maximum atomic E-state index is 4.04. The zero-order chi connectivity index (χ0) is 10.7. The van der Waals surface area contributed by atoms with Gasteiger partial charge < -0.3 is 5.32 Å². The van der Waals surface area contributed by atoms with Crippen molar-refractivity contribution >= 4 is 5.57 Å². The monoisotopic (exact) mass is 201 g/mol. The van der Waals surface area contributed by atoms with Crippen LogP contribution < -0.4 is 5.32 Å². The van der Waals surface area contributed by atoms with Gasteiger partial charge in [-0.2, -0.15) is 0 Å². The Morgan fingerprint density at radius 3 is 2.93 bits per heavy atom. The molecule has 0 amide bonds. The Bertz CT molecular complexity index is 348. The molecule has 1 aliphatic rings. The lowest BCUT2D eigenvalue weighted by atomic mass is 9.93. The smallest absolute Gasteiger partial charge is 0.00169 e. The van der Waals surface area contributed by atoms with E-state index in [1.807, 2.05) is 0 Å². The third-order valence-electron chi connectivity index (χ3n) is 3.15. The van der Waals surface area contributed by atoms with E-state index in [4.69, 9.17) is 0 Å². The van der Waals surface area contributed by atoms with Crippen LogP contribution in [0.25, 0.3) is 5.57 Å². The Hall–Kier alpha value is -1.08. The highest BCUT2D eigenvalue weighted by atomic mass is 14.9. The van der Waals surface area contributed by atoms with Crippen molar-refractivity contribution in [2.75, 3.05) is 13.1 Å². The van der Waals surface area contributed by atoms with Crippen molar-refractivity contribution in [3.8, 4) is 0 Å². The molecular formula is C14H19N. The topological polar surface area (TPSA) is 12.0 Å². The summed E-state index contributed by atoms with van der Waals surface area (Å²) in [5.41, 5.74) is 3.97. The van der Waals surface area contributed by atoms with E-state index >= 15 is 0 Å². The number of rotatable bonds is 3. The first-order chi connectivity index (χ1) is 7.27. The molecule has 80 valence electrons. The molecule has 0 saturated carbocycles. The second-order valence-electron chi connectivity index (χ2n) is 4.50. The molecule has 0 aliphatic carbocycles. The predicted octanol–water partition coefficient (Wildman–Crippen LogP) is 2.87. The third-order valence-corrected chi connectivity index (χ3v) is 3.15. The van der Waals surface area contributed by atoms with Gasteiger partial charge in [-0.1, -0.05) is 36.4 Å². The van der Waals surface area contributed by atoms with Gasteiger partial charge in [0, 0.05) is 0 Å². The molecule has 2 rings (SSSR count). The molecule has 0 bridgehead atoms. The van der Waals surface area contributed by atoms with Crippen LogP contribution in [0.15, 0.2) is 30.8 Å². The lowest BCUT2D eigenvalue weighted by Crippen LogP contribution is -2.11. The molecule has 1 N–H and O–H groups in total. The highest BCUT2D eigenvalue weighted by Gasteiger charge is 2.16. The molecule has 0 spiro atoms. The fourth-order valence-electron chi connectivity index (χ4n) is 2.31. The van der Waals surface area contributed by atoms with Crippen molar-refractivity contribution in [3.63, 3.8) is 0 Å². The average molecular weight is 201 g/mol. The first-order valence-corrected chi connectivity index (χ1v) is 5.72. The van der Waals surface area contributed by atoms with E-state index in [0.717, 1.165) is 5.92 Å². The molecule has 1 aliphatic heterocycles. The van der Waals surface area contributed by atoms with Crippen molar-refractivity contribution in [3.05, 3.63) is 42.0 Å². The van der Waals surface area contributed by atoms with Crippen molar-refractivity contribution in [2.24, 2.45) is 5.92 Å². The summed E-state index contributed by atoms with van der Waals surface area (Å²) in [6.45, 7) is 8.49. The summed E-state index contributed by atoms with van der Waals surface area (Å²) >= 11 is 0. The van der Waals surface area contributed by atoms with Gasteiger partial charge >= 0.3 is 0 Å². The Morgan fingerprint density at radius 1 is 1.47 bits per heavy atom. The van der Waals surface area contributed by atoms with E-state index in [-0.39, 0.29) is 0 Å². The van der Waals surface area contributed by atoms with Crippen LogP contribution in [0.5, 0.6) is 0 Å². The number of nitrogens with one attached hydrogen (secondary N) is 1. The van der Waals surface area contributed by atoms with Crippen molar-refractivity contribution in [1.29, 1.82) is 0 Å². The van der Waals surface area contributed by atoms with Crippen LogP contribution in [0.3, 0.4) is 0 Å². The van der Waals surface area contributed by atoms with Crippen LogP contribution in [-0.2, 0) is 6.42 Å². The summed E-state index contributed by atoms with van der Waals surface area (Å²) < 4.78 is 0. The predicted molar refractivity (Wildman–Crippen MR) is 65.8 cm³/mol. The van der Waals surface area contributed by atoms with Crippen molar-refractivity contribution < 1.29 is 0 Å². The lowest BCUT2D eigenvalue weighted by Gasteiger charge is -2.12. The second kappa shape index (κ2) is 4.63. The molecule has 0 radical (unpaired) electrons. The fraction of sp³-hybridized carbons (Fsp3) is 0.429. The van der Waals surface area contributed by atoms with Gasteiger partial charge in [0.1, 0.15) is 0 Å². The van der Waals surface area contributed by atoms with Crippen molar-refractivity contribution in [2.45, 2.75) is 19.8 Å². The van der Waals surface area contributed by atoms with Gasteiger partial charge in [-0.3, -0.25) is 0 Å². The van der Waals surface area contributed by atoms with Crippen LogP contribution in [-0.4, -0.2) is 13.1 Å².